The molecule has 5 aromatic heterocycles. The summed E-state index contributed by atoms with van der Waals surface area (Å²) < 4.78 is 69.9. The van der Waals surface area contributed by atoms with Crippen LogP contribution in [0.25, 0.3) is 50.3 Å². The average molecular weight is 1020 g/mol. The number of fused-ring (bicyclic) bond motifs is 1. The highest BCUT2D eigenvalue weighted by Gasteiger charge is 2.45. The molecule has 0 saturated carbocycles. The zero-order chi connectivity index (χ0) is 51.1. The normalized spacial score (nSPS) is 15.4. The number of aliphatic hydroxyl groups is 1. The number of carbonyl (C=O) groups is 3. The number of benzene rings is 3. The summed E-state index contributed by atoms with van der Waals surface area (Å²) in [5.41, 5.74) is 5.75. The lowest BCUT2D eigenvalue weighted by Crippen LogP contribution is -2.57. The number of halogens is 2. The minimum absolute atomic E-state index is 0.0227. The van der Waals surface area contributed by atoms with Gasteiger partial charge in [0, 0.05) is 49.1 Å². The van der Waals surface area contributed by atoms with Gasteiger partial charge in [0.15, 0.2) is 0 Å². The third kappa shape index (κ3) is 10.0. The van der Waals surface area contributed by atoms with Crippen LogP contribution in [-0.4, -0.2) is 97.5 Å². The van der Waals surface area contributed by atoms with Gasteiger partial charge in [0.25, 0.3) is 21.8 Å². The van der Waals surface area contributed by atoms with Gasteiger partial charge < -0.3 is 29.8 Å². The number of likely N-dealkylation sites (tertiary alicyclic amines) is 1. The second-order valence-electron chi connectivity index (χ2n) is 18.1. The molecule has 4 N–H and O–H groups in total. The molecule has 0 bridgehead atoms. The Morgan fingerprint density at radius 2 is 1.68 bits per heavy atom. The van der Waals surface area contributed by atoms with Gasteiger partial charge in [0.05, 0.1) is 46.6 Å². The van der Waals surface area contributed by atoms with Crippen LogP contribution in [0.2, 0.25) is 0 Å². The van der Waals surface area contributed by atoms with Gasteiger partial charge in [-0.25, -0.2) is 32.2 Å². The van der Waals surface area contributed by atoms with Gasteiger partial charge in [-0.05, 0) is 65.9 Å². The molecule has 370 valence electrons. The van der Waals surface area contributed by atoms with E-state index in [1.54, 1.807) is 84.6 Å². The molecule has 1 saturated heterocycles. The van der Waals surface area contributed by atoms with Crippen LogP contribution in [0.15, 0.2) is 118 Å². The number of aliphatic hydroxyl groups excluding tert-OH is 1. The number of β-amino-alcohol motifs (C(OH)–C–C–N with tert-alkyl or cyclic N) is 1. The van der Waals surface area contributed by atoms with Crippen LogP contribution < -0.4 is 20.1 Å². The van der Waals surface area contributed by atoms with Gasteiger partial charge in [0.2, 0.25) is 23.6 Å². The summed E-state index contributed by atoms with van der Waals surface area (Å²) in [5, 5.41) is 25.1. The van der Waals surface area contributed by atoms with E-state index in [0.717, 1.165) is 33.8 Å². The van der Waals surface area contributed by atoms with Crippen LogP contribution in [0.3, 0.4) is 0 Å². The fourth-order valence-electron chi connectivity index (χ4n) is 8.34. The van der Waals surface area contributed by atoms with Crippen molar-refractivity contribution in [3.63, 3.8) is 0 Å². The number of thiazole rings is 1. The number of ether oxygens (including phenoxy) is 1. The van der Waals surface area contributed by atoms with E-state index in [4.69, 9.17) is 9.15 Å². The molecule has 9 rings (SSSR count). The van der Waals surface area contributed by atoms with E-state index < -0.39 is 67.9 Å². The minimum atomic E-state index is -4.55. The highest BCUT2D eigenvalue weighted by molar-refractivity contribution is 7.92. The van der Waals surface area contributed by atoms with Gasteiger partial charge in [-0.15, -0.1) is 21.5 Å². The molecule has 22 heteroatoms. The van der Waals surface area contributed by atoms with Crippen molar-refractivity contribution in [2.24, 2.45) is 5.41 Å². The zero-order valence-corrected chi connectivity index (χ0v) is 40.9. The Morgan fingerprint density at radius 1 is 0.931 bits per heavy atom. The summed E-state index contributed by atoms with van der Waals surface area (Å²) in [7, 11) is -3.27. The van der Waals surface area contributed by atoms with E-state index >= 15 is 0 Å². The Hall–Kier alpha value is -7.95. The quantitative estimate of drug-likeness (QED) is 0.0855. The SMILES string of the molecule is COc1ncc(-c2ccc3ncc(-c4nnc(-c5ccccc5C(=O)N[C@H](C(=O)N5C[C@H](O)C[C@H]5C(=O)NCc5ccc(-c6scnc6C)cc5)C(C)(C)C)o4)n3c2)cc1NS(=O)(=O)c1ccc(F)cc1F. The lowest BCUT2D eigenvalue weighted by atomic mass is 9.85. The first-order chi connectivity index (χ1) is 34.4. The van der Waals surface area contributed by atoms with Crippen molar-refractivity contribution in [1.82, 2.24) is 45.1 Å². The summed E-state index contributed by atoms with van der Waals surface area (Å²) in [4.78, 5) is 57.1. The third-order valence-electron chi connectivity index (χ3n) is 12.0. The minimum Gasteiger partial charge on any atom is -0.480 e. The van der Waals surface area contributed by atoms with Gasteiger partial charge in [-0.1, -0.05) is 57.2 Å². The Labute approximate surface area is 415 Å². The van der Waals surface area contributed by atoms with Crippen LogP contribution in [-0.2, 0) is 26.2 Å². The number of methoxy groups -OCH3 is 1. The molecule has 0 spiro atoms. The molecule has 1 aliphatic heterocycles. The standard InChI is InChI=1S/C50H46F2N10O8S2/c1-27-42(71-26-56-27)29-12-10-28(11-13-29)21-54-45(65)38-20-33(63)25-62(38)49(66)43(50(2,3)4)57-44(64)34-8-6-7-9-35(34)46-58-59-48(70-46)39-23-53-41-17-14-30(24-61(39)41)31-18-37(47(69-5)55-22-31)60-72(67,68)40-16-15-32(51)19-36(40)52/h6-19,22-24,26,33,38,43,60,63H,20-21,25H2,1-5H3,(H,54,65)(H,57,64)/t33-,38+,43-/m1/s1. The fourth-order valence-corrected chi connectivity index (χ4v) is 10.3. The van der Waals surface area contributed by atoms with Crippen molar-refractivity contribution in [2.45, 2.75) is 63.7 Å². The topological polar surface area (TPSA) is 236 Å². The molecule has 3 aromatic carbocycles. The molecule has 72 heavy (non-hydrogen) atoms. The van der Waals surface area contributed by atoms with Crippen LogP contribution >= 0.6 is 11.3 Å². The largest absolute Gasteiger partial charge is 0.480 e. The first-order valence-electron chi connectivity index (χ1n) is 22.4. The summed E-state index contributed by atoms with van der Waals surface area (Å²) in [6.45, 7) is 7.41. The smallest absolute Gasteiger partial charge is 0.266 e. The molecule has 6 heterocycles. The summed E-state index contributed by atoms with van der Waals surface area (Å²) in [5.74, 6) is -3.94. The zero-order valence-electron chi connectivity index (χ0n) is 39.3. The Morgan fingerprint density at radius 3 is 2.40 bits per heavy atom. The molecule has 8 aromatic rings. The second-order valence-corrected chi connectivity index (χ2v) is 20.6. The predicted molar refractivity (Wildman–Crippen MR) is 262 cm³/mol. The maximum absolute atomic E-state index is 14.5. The van der Waals surface area contributed by atoms with E-state index in [2.05, 4.69) is 40.5 Å². The van der Waals surface area contributed by atoms with Crippen molar-refractivity contribution in [1.29, 1.82) is 0 Å². The number of rotatable bonds is 14. The molecule has 0 unspecified atom stereocenters. The molecule has 18 nitrogen and oxygen atoms in total. The van der Waals surface area contributed by atoms with Crippen molar-refractivity contribution in [3.8, 4) is 50.5 Å². The van der Waals surface area contributed by atoms with Crippen molar-refractivity contribution in [2.75, 3.05) is 18.4 Å². The number of nitrogens with zero attached hydrogens (tertiary/aromatic N) is 7. The van der Waals surface area contributed by atoms with Crippen molar-refractivity contribution < 1.29 is 45.8 Å². The number of aromatic nitrogens is 6. The lowest BCUT2D eigenvalue weighted by molar-refractivity contribution is -0.142. The lowest BCUT2D eigenvalue weighted by Gasteiger charge is -2.35. The molecular formula is C50H46F2N10O8S2. The average Bonchev–Trinajstić information content (AvgIpc) is 4.19. The Kier molecular flexibility index (Phi) is 13.4. The van der Waals surface area contributed by atoms with Crippen molar-refractivity contribution >= 4 is 50.4 Å². The molecule has 3 amide bonds. The van der Waals surface area contributed by atoms with Crippen LogP contribution in [0, 0.1) is 24.0 Å². The highest BCUT2D eigenvalue weighted by Crippen LogP contribution is 2.34. The number of pyridine rings is 2. The Bertz CT molecular complexity index is 3480. The maximum Gasteiger partial charge on any atom is 0.266 e. The van der Waals surface area contributed by atoms with Gasteiger partial charge in [-0.3, -0.25) is 23.5 Å². The first kappa shape index (κ1) is 49.0. The number of amides is 3. The van der Waals surface area contributed by atoms with Gasteiger partial charge in [0.1, 0.15) is 45.6 Å². The number of hydrogen-bond acceptors (Lipinski definition) is 14. The summed E-state index contributed by atoms with van der Waals surface area (Å²) in [6, 6.07) is 19.1. The van der Waals surface area contributed by atoms with E-state index in [1.165, 1.54) is 30.5 Å². The number of imidazole rings is 1. The predicted octanol–water partition coefficient (Wildman–Crippen LogP) is 7.06. The van der Waals surface area contributed by atoms with E-state index in [1.807, 2.05) is 31.2 Å². The van der Waals surface area contributed by atoms with Crippen LogP contribution in [0.5, 0.6) is 5.88 Å². The number of hydrogen-bond donors (Lipinski definition) is 4. The van der Waals surface area contributed by atoms with Crippen molar-refractivity contribution in [3.05, 3.63) is 137 Å². The monoisotopic (exact) mass is 1020 g/mol. The van der Waals surface area contributed by atoms with Gasteiger partial charge in [-0.2, -0.15) is 0 Å². The number of anilines is 1. The highest BCUT2D eigenvalue weighted by atomic mass is 32.2. The second kappa shape index (κ2) is 19.7. The van der Waals surface area contributed by atoms with E-state index in [0.29, 0.717) is 28.5 Å². The first-order valence-corrected chi connectivity index (χ1v) is 24.7. The molecular weight excluding hydrogens is 971 g/mol. The molecule has 1 fully saturated rings. The van der Waals surface area contributed by atoms with Gasteiger partial charge >= 0.3 is 0 Å². The Balaban J connectivity index is 0.921. The number of carbonyl (C=O) groups excluding carboxylic acids is 3. The summed E-state index contributed by atoms with van der Waals surface area (Å²) >= 11 is 1.55. The summed E-state index contributed by atoms with van der Waals surface area (Å²) in [6.07, 6.45) is 3.68. The van der Waals surface area contributed by atoms with E-state index in [9.17, 15) is 36.7 Å². The van der Waals surface area contributed by atoms with Crippen LogP contribution in [0.1, 0.15) is 48.8 Å². The molecule has 1 aliphatic rings. The molecule has 0 radical (unpaired) electrons. The maximum atomic E-state index is 14.5. The third-order valence-corrected chi connectivity index (χ3v) is 14.4. The van der Waals surface area contributed by atoms with Crippen LogP contribution in [0.4, 0.5) is 14.5 Å². The molecule has 0 aliphatic carbocycles. The molecule has 3 atom stereocenters. The number of aryl methyl sites for hydroxylation is 1. The fraction of sp³-hybridized carbons (Fsp3) is 0.240. The number of sulfonamides is 1. The number of nitrogens with one attached hydrogen (secondary N) is 3. The van der Waals surface area contributed by atoms with E-state index in [-0.39, 0.29) is 54.0 Å².